The Morgan fingerprint density at radius 2 is 0.950 bits per heavy atom. The number of nitrogens with one attached hydrogen (secondary N) is 6. The number of halogens is 7. The SMILES string of the molecule is C.NCCCCOCCCCOCCCCNc1ccc2c(c1)C(=O)N(C1CCC(=O)NC1=O)C2=O.O=C(O)C1=Cc2cc(N3CC[C@](O)(C(=O)CCc4cc(F)cc(F)c4)C3=O)ccc2C1.O=C1CCC(N2C(=O)c3ccc(NCCCCOCCCCOCCCCCC(=O)c4cc5cc(N6CC[C@](O)(C(=O)NCc7cc(F)cc(F)c7)C6=O)ccc5[nH]4)cc3C2=O)C(=O)N1.O=CC(F)(F)F.S.S. The Morgan fingerprint density at radius 3 is 1.42 bits per heavy atom. The van der Waals surface area contributed by atoms with E-state index in [0.29, 0.717) is 117 Å². The molecule has 14 rings (SSSR count). The number of nitrogens with zero attached hydrogens (tertiary/aromatic N) is 4. The highest BCUT2D eigenvalue weighted by molar-refractivity contribution is 7.59. The van der Waals surface area contributed by atoms with Gasteiger partial charge in [0.05, 0.1) is 27.9 Å². The number of unbranched alkanes of at least 4 members (excludes halogenated alkanes) is 7. The van der Waals surface area contributed by atoms with E-state index in [1.807, 2.05) is 0 Å². The van der Waals surface area contributed by atoms with Crippen LogP contribution in [0.25, 0.3) is 17.0 Å². The van der Waals surface area contributed by atoms with Crippen molar-refractivity contribution in [2.24, 2.45) is 5.73 Å². The topological polar surface area (TPSA) is 469 Å². The molecule has 4 fully saturated rings. The number of fused-ring (bicyclic) bond motifs is 4. The van der Waals surface area contributed by atoms with Gasteiger partial charge in [0.25, 0.3) is 41.4 Å². The minimum absolute atomic E-state index is 0. The molecule has 6 aromatic carbocycles. The standard InChI is InChI=1S/C47H52F2N6O10.C25H36N4O6.C23H19F2NO5.C2HF3O.CH4.2H2S/c48-31-22-29(23-32(49)26-31)28-51-45(61)47(63)15-17-54(46(47)62)34-10-12-37-30(24-34)25-38(52-37)40(56)8-2-1-4-18-64-20-6-7-21-65-19-5-3-16-50-33-9-11-35-36(27-33)44(60)55(43(35)59)39-13-14-41(57)53-42(39)58;26-11-1-3-13-34-15-5-6-16-35-14-4-2-12-27-18-7-8-19-20(17-18)25(33)29(24(19)32)21-9-10-22(30)28-23(21)31;24-17-7-13(8-18(25)12-17)1-4-20(27)23(31)5-6-26(22(23)30)19-3-2-14-9-16(21(28)29)10-15(14)11-19;3-2(4,5)1-6;;;/h9-12,22-27,39,50,52,63H,1-8,13-21,28H2,(H,51,61)(H,53,57,58);7-8,17,21,27H,1-6,9-16,26H2,(H,28,30,31);2-3,7-8,10-12,31H,1,4-6,9H2,(H,28,29);1H;1H4;2*1H2/t39?,47-;;23-;;;;/m0.0..../s1. The number of carbonyl (C=O) groups excluding carboxylic acids is 14. The predicted molar refractivity (Wildman–Crippen MR) is 510 cm³/mol. The first kappa shape index (κ1) is 113. The zero-order valence-electron chi connectivity index (χ0n) is 76.1. The number of alkyl halides is 3. The molecule has 4 atom stereocenters. The van der Waals surface area contributed by atoms with Crippen LogP contribution in [-0.2, 0) is 86.3 Å². The Morgan fingerprint density at radius 1 is 0.514 bits per heavy atom. The summed E-state index contributed by atoms with van der Waals surface area (Å²) in [5.41, 5.74) is 7.56. The first-order valence-corrected chi connectivity index (χ1v) is 45.3. The summed E-state index contributed by atoms with van der Waals surface area (Å²) in [4.78, 5) is 191. The number of benzene rings is 6. The molecular formula is C98H116F7N11O22S2. The maximum atomic E-state index is 13.5. The number of hydrogen-bond donors (Lipinski definition) is 10. The van der Waals surface area contributed by atoms with Crippen LogP contribution in [0.15, 0.2) is 121 Å². The van der Waals surface area contributed by atoms with Crippen molar-refractivity contribution in [3.05, 3.63) is 194 Å². The summed E-state index contributed by atoms with van der Waals surface area (Å²) in [6.45, 7) is 7.39. The van der Waals surface area contributed by atoms with Crippen LogP contribution in [0.1, 0.15) is 216 Å². The molecule has 7 aliphatic rings. The number of anilines is 4. The van der Waals surface area contributed by atoms with Crippen LogP contribution >= 0.6 is 27.0 Å². The molecule has 11 amide bonds. The number of aldehydes is 1. The van der Waals surface area contributed by atoms with Crippen molar-refractivity contribution in [3.8, 4) is 0 Å². The summed E-state index contributed by atoms with van der Waals surface area (Å²) in [5.74, 6) is -11.6. The van der Waals surface area contributed by atoms with Crippen LogP contribution in [0.3, 0.4) is 0 Å². The fourth-order valence-electron chi connectivity index (χ4n) is 16.4. The number of aliphatic carboxylic acids is 1. The van der Waals surface area contributed by atoms with Gasteiger partial charge in [-0.15, -0.1) is 0 Å². The molecule has 42 heteroatoms. The number of amides is 11. The van der Waals surface area contributed by atoms with E-state index in [-0.39, 0.29) is 156 Å². The maximum Gasteiger partial charge on any atom is 0.446 e. The highest BCUT2D eigenvalue weighted by atomic mass is 32.1. The monoisotopic (exact) mass is 2000 g/mol. The van der Waals surface area contributed by atoms with Crippen molar-refractivity contribution in [2.45, 2.75) is 191 Å². The van der Waals surface area contributed by atoms with Gasteiger partial charge < -0.3 is 70.7 Å². The number of H-pyrrole nitrogens is 1. The van der Waals surface area contributed by atoms with Gasteiger partial charge in [-0.2, -0.15) is 40.2 Å². The lowest BCUT2D eigenvalue weighted by molar-refractivity contribution is -0.156. The number of aliphatic hydroxyl groups is 2. The van der Waals surface area contributed by atoms with Gasteiger partial charge in [0.2, 0.25) is 41.1 Å². The van der Waals surface area contributed by atoms with E-state index in [1.54, 1.807) is 78.9 Å². The second-order valence-corrected chi connectivity index (χ2v) is 33.7. The highest BCUT2D eigenvalue weighted by Gasteiger charge is 2.54. The van der Waals surface area contributed by atoms with Gasteiger partial charge in [-0.25, -0.2) is 22.4 Å². The third-order valence-electron chi connectivity index (χ3n) is 23.7. The normalized spacial score (nSPS) is 17.9. The molecule has 4 saturated heterocycles. The van der Waals surface area contributed by atoms with E-state index in [0.717, 1.165) is 148 Å². The minimum atomic E-state index is -4.64. The van der Waals surface area contributed by atoms with Crippen LogP contribution in [0, 0.1) is 23.3 Å². The average molecular weight is 2000 g/mol. The zero-order chi connectivity index (χ0) is 98.7. The Hall–Kier alpha value is -12.4. The van der Waals surface area contributed by atoms with Crippen molar-refractivity contribution >= 4 is 156 Å². The smallest absolute Gasteiger partial charge is 0.446 e. The number of rotatable bonds is 45. The molecule has 0 radical (unpaired) electrons. The van der Waals surface area contributed by atoms with Gasteiger partial charge >= 0.3 is 12.1 Å². The van der Waals surface area contributed by atoms with Crippen LogP contribution < -0.4 is 42.1 Å². The molecule has 0 spiro atoms. The third kappa shape index (κ3) is 30.3. The molecule has 7 heterocycles. The van der Waals surface area contributed by atoms with Gasteiger partial charge in [0.15, 0.2) is 11.6 Å². The number of nitrogens with two attached hydrogens (primary N) is 1. The summed E-state index contributed by atoms with van der Waals surface area (Å²) >= 11 is 0. The number of ether oxygens (including phenoxy) is 4. The lowest BCUT2D eigenvalue weighted by Gasteiger charge is -2.27. The van der Waals surface area contributed by atoms with Crippen LogP contribution in [0.5, 0.6) is 0 Å². The molecule has 7 aromatic rings. The summed E-state index contributed by atoms with van der Waals surface area (Å²) in [5, 5.41) is 45.0. The molecule has 33 nitrogen and oxygen atoms in total. The van der Waals surface area contributed by atoms with Gasteiger partial charge in [-0.05, 0) is 228 Å². The van der Waals surface area contributed by atoms with Crippen molar-refractivity contribution < 1.29 is 137 Å². The number of piperidine rings is 2. The molecule has 1 aliphatic carbocycles. The number of ketones is 2. The molecule has 756 valence electrons. The van der Waals surface area contributed by atoms with E-state index >= 15 is 0 Å². The van der Waals surface area contributed by atoms with Gasteiger partial charge in [0.1, 0.15) is 35.4 Å². The lowest BCUT2D eigenvalue weighted by Crippen LogP contribution is -2.54. The number of aryl methyl sites for hydroxylation is 1. The predicted octanol–water partition coefficient (Wildman–Crippen LogP) is 11.2. The van der Waals surface area contributed by atoms with Crippen LogP contribution in [-0.4, -0.2) is 234 Å². The molecule has 0 bridgehead atoms. The Bertz CT molecular complexity index is 5670. The van der Waals surface area contributed by atoms with E-state index in [2.05, 4.69) is 31.6 Å². The second kappa shape index (κ2) is 53.3. The van der Waals surface area contributed by atoms with Crippen molar-refractivity contribution in [2.75, 3.05) is 106 Å². The average Bonchev–Trinajstić information content (AvgIpc) is 1.62. The van der Waals surface area contributed by atoms with Gasteiger partial charge in [-0.3, -0.25) is 87.6 Å². The van der Waals surface area contributed by atoms with E-state index in [9.17, 15) is 108 Å². The highest BCUT2D eigenvalue weighted by Crippen LogP contribution is 2.38. The molecule has 2 unspecified atom stereocenters. The lowest BCUT2D eigenvalue weighted by atomic mass is 9.92. The second-order valence-electron chi connectivity index (χ2n) is 33.7. The number of aromatic nitrogens is 1. The molecule has 0 saturated carbocycles. The number of hydrogen-bond acceptors (Lipinski definition) is 24. The number of carboxylic acid groups (broad SMARTS) is 1. The fraction of sp³-hybridized carbons (Fsp3) is 0.439. The summed E-state index contributed by atoms with van der Waals surface area (Å²) < 4.78 is 108. The number of carbonyl (C=O) groups is 15. The fourth-order valence-corrected chi connectivity index (χ4v) is 16.4. The quantitative estimate of drug-likeness (QED) is 0.00423. The maximum absolute atomic E-state index is 13.5. The van der Waals surface area contributed by atoms with Crippen LogP contribution in [0.2, 0.25) is 0 Å². The van der Waals surface area contributed by atoms with Crippen molar-refractivity contribution in [1.82, 2.24) is 30.7 Å². The first-order chi connectivity index (χ1) is 65.6. The number of carboxylic acids is 1. The summed E-state index contributed by atoms with van der Waals surface area (Å²) in [7, 11) is 0. The molecular weight excluding hydrogens is 1880 g/mol. The number of Topliss-reactive ketones (excluding diaryl/α,β-unsaturated/α-hetero) is 2. The molecule has 6 aliphatic heterocycles. The zero-order valence-corrected chi connectivity index (χ0v) is 78.1. The summed E-state index contributed by atoms with van der Waals surface area (Å²) in [6.07, 6.45) is 7.94. The molecule has 11 N–H and O–H groups in total. The van der Waals surface area contributed by atoms with Crippen molar-refractivity contribution in [3.63, 3.8) is 0 Å². The van der Waals surface area contributed by atoms with E-state index in [4.69, 9.17) is 34.6 Å². The molecule has 1 aromatic heterocycles. The van der Waals surface area contributed by atoms with E-state index in [1.165, 1.54) is 15.9 Å². The van der Waals surface area contributed by atoms with E-state index < -0.39 is 130 Å². The van der Waals surface area contributed by atoms with Crippen LogP contribution in [0.4, 0.5) is 53.5 Å². The Labute approximate surface area is 816 Å². The largest absolute Gasteiger partial charge is 0.478 e. The first-order valence-electron chi connectivity index (χ1n) is 45.3. The summed E-state index contributed by atoms with van der Waals surface area (Å²) in [6, 6.07) is 25.6. The Kier molecular flexibility index (Phi) is 42.9. The minimum Gasteiger partial charge on any atom is -0.478 e. The number of aromatic amines is 1. The number of imide groups is 4. The van der Waals surface area contributed by atoms with Gasteiger partial charge in [-0.1, -0.05) is 19.9 Å². The van der Waals surface area contributed by atoms with Crippen molar-refractivity contribution in [1.29, 1.82) is 0 Å². The molecule has 140 heavy (non-hydrogen) atoms. The van der Waals surface area contributed by atoms with Gasteiger partial charge in [0, 0.05) is 182 Å². The third-order valence-corrected chi connectivity index (χ3v) is 23.7. The Balaban J connectivity index is 0.000000269.